The van der Waals surface area contributed by atoms with Crippen molar-refractivity contribution in [2.45, 2.75) is 54.9 Å². The Morgan fingerprint density at radius 1 is 1.07 bits per heavy atom. The summed E-state index contributed by atoms with van der Waals surface area (Å²) < 4.78 is 0. The average Bonchev–Trinajstić information content (AvgIpc) is 2.24. The minimum absolute atomic E-state index is 0.856. The molecule has 0 unspecified atom stereocenters. The molecule has 0 aliphatic rings. The van der Waals surface area contributed by atoms with Crippen LogP contribution in [0.25, 0.3) is 0 Å². The first-order valence-electron chi connectivity index (χ1n) is 5.53. The van der Waals surface area contributed by atoms with Gasteiger partial charge >= 0.3 is 0 Å². The third-order valence-electron chi connectivity index (χ3n) is 1.58. The van der Waals surface area contributed by atoms with Crippen LogP contribution in [0.3, 0.4) is 0 Å². The van der Waals surface area contributed by atoms with Gasteiger partial charge in [-0.1, -0.05) is 34.6 Å². The number of hydrogen-bond acceptors (Lipinski definition) is 2. The Morgan fingerprint density at radius 3 is 1.93 bits per heavy atom. The van der Waals surface area contributed by atoms with Gasteiger partial charge in [0.15, 0.2) is 0 Å². The molecule has 0 N–H and O–H groups in total. The van der Waals surface area contributed by atoms with Crippen LogP contribution in [0.15, 0.2) is 6.20 Å². The van der Waals surface area contributed by atoms with Crippen LogP contribution >= 0.6 is 0 Å². The lowest BCUT2D eigenvalue weighted by molar-refractivity contribution is 0.947. The van der Waals surface area contributed by atoms with E-state index in [0.29, 0.717) is 0 Å². The van der Waals surface area contributed by atoms with E-state index in [2.05, 4.69) is 16.9 Å². The van der Waals surface area contributed by atoms with Crippen molar-refractivity contribution in [2.75, 3.05) is 0 Å². The molecule has 0 saturated heterocycles. The molecular weight excluding hydrogens is 172 g/mol. The molecule has 2 heteroatoms. The molecule has 0 aliphatic heterocycles. The van der Waals surface area contributed by atoms with Crippen LogP contribution in [-0.2, 0) is 6.42 Å². The van der Waals surface area contributed by atoms with Crippen molar-refractivity contribution >= 4 is 0 Å². The second-order valence-electron chi connectivity index (χ2n) is 2.38. The summed E-state index contributed by atoms with van der Waals surface area (Å²) in [6.07, 6.45) is 2.92. The van der Waals surface area contributed by atoms with Crippen molar-refractivity contribution in [3.63, 3.8) is 0 Å². The average molecular weight is 196 g/mol. The maximum absolute atomic E-state index is 4.23. The number of hydrogen-bond donors (Lipinski definition) is 0. The van der Waals surface area contributed by atoms with Gasteiger partial charge in [-0.15, -0.1) is 0 Å². The highest BCUT2D eigenvalue weighted by atomic mass is 14.9. The molecule has 0 fully saturated rings. The van der Waals surface area contributed by atoms with E-state index in [4.69, 9.17) is 0 Å². The van der Waals surface area contributed by atoms with Crippen molar-refractivity contribution in [3.8, 4) is 0 Å². The molecule has 0 saturated carbocycles. The van der Waals surface area contributed by atoms with Crippen LogP contribution in [-0.4, -0.2) is 9.97 Å². The maximum atomic E-state index is 4.23. The van der Waals surface area contributed by atoms with Gasteiger partial charge in [-0.3, -0.25) is 0 Å². The van der Waals surface area contributed by atoms with Crippen molar-refractivity contribution in [3.05, 3.63) is 23.3 Å². The molecule has 0 bridgehead atoms. The zero-order valence-corrected chi connectivity index (χ0v) is 10.7. The normalized spacial score (nSPS) is 7.93. The quantitative estimate of drug-likeness (QED) is 0.684. The topological polar surface area (TPSA) is 25.8 Å². The van der Waals surface area contributed by atoms with Gasteiger partial charge in [-0.25, -0.2) is 9.97 Å². The largest absolute Gasteiger partial charge is 0.241 e. The predicted molar refractivity (Wildman–Crippen MR) is 63.6 cm³/mol. The van der Waals surface area contributed by atoms with Gasteiger partial charge in [0.25, 0.3) is 0 Å². The smallest absolute Gasteiger partial charge is 0.125 e. The van der Waals surface area contributed by atoms with Gasteiger partial charge in [0.2, 0.25) is 0 Å². The summed E-state index contributed by atoms with van der Waals surface area (Å²) in [6, 6.07) is 0. The Hall–Kier alpha value is -0.920. The molecule has 0 atom stereocenters. The fraction of sp³-hybridized carbons (Fsp3) is 0.667. The van der Waals surface area contributed by atoms with Crippen LogP contribution in [0.4, 0.5) is 0 Å². The predicted octanol–water partition coefficient (Wildman–Crippen LogP) is 3.71. The van der Waals surface area contributed by atoms with E-state index in [1.807, 2.05) is 47.7 Å². The van der Waals surface area contributed by atoms with E-state index in [9.17, 15) is 0 Å². The lowest BCUT2D eigenvalue weighted by atomic mass is 10.2. The zero-order valence-electron chi connectivity index (χ0n) is 10.7. The van der Waals surface area contributed by atoms with Gasteiger partial charge in [0, 0.05) is 11.9 Å². The van der Waals surface area contributed by atoms with Crippen molar-refractivity contribution in [2.24, 2.45) is 0 Å². The number of aromatic nitrogens is 2. The van der Waals surface area contributed by atoms with Crippen LogP contribution in [0.2, 0.25) is 0 Å². The molecule has 1 rings (SSSR count). The van der Waals surface area contributed by atoms with Gasteiger partial charge < -0.3 is 0 Å². The minimum Gasteiger partial charge on any atom is -0.241 e. The van der Waals surface area contributed by atoms with E-state index in [1.54, 1.807) is 0 Å². The van der Waals surface area contributed by atoms with Crippen LogP contribution in [0.5, 0.6) is 0 Å². The number of rotatable bonds is 1. The third kappa shape index (κ3) is 5.68. The molecular formula is C12H24N2. The summed E-state index contributed by atoms with van der Waals surface area (Å²) in [5.74, 6) is 0.856. The van der Waals surface area contributed by atoms with E-state index >= 15 is 0 Å². The van der Waals surface area contributed by atoms with Crippen LogP contribution < -0.4 is 0 Å². The Bertz CT molecular complexity index is 232. The van der Waals surface area contributed by atoms with Crippen LogP contribution in [0, 0.1) is 13.8 Å². The second-order valence-corrected chi connectivity index (χ2v) is 2.38. The molecule has 1 aromatic heterocycles. The zero-order chi connectivity index (χ0) is 11.6. The Morgan fingerprint density at radius 2 is 1.57 bits per heavy atom. The monoisotopic (exact) mass is 196 g/mol. The molecule has 0 radical (unpaired) electrons. The lowest BCUT2D eigenvalue weighted by Crippen LogP contribution is -1.95. The van der Waals surface area contributed by atoms with Gasteiger partial charge in [0.1, 0.15) is 5.82 Å². The molecule has 0 aromatic carbocycles. The molecule has 1 aromatic rings. The first-order valence-corrected chi connectivity index (χ1v) is 5.53. The fourth-order valence-electron chi connectivity index (χ4n) is 0.955. The van der Waals surface area contributed by atoms with Crippen LogP contribution in [0.1, 0.15) is 51.7 Å². The highest BCUT2D eigenvalue weighted by Crippen LogP contribution is 2.03. The SMILES string of the molecule is CC.CC.CCc1cnc(C)nc1C. The summed E-state index contributed by atoms with van der Waals surface area (Å²) in [5.41, 5.74) is 2.35. The van der Waals surface area contributed by atoms with E-state index < -0.39 is 0 Å². The lowest BCUT2D eigenvalue weighted by Gasteiger charge is -2.00. The molecule has 0 amide bonds. The second kappa shape index (κ2) is 10.2. The molecule has 1 heterocycles. The fourth-order valence-corrected chi connectivity index (χ4v) is 0.955. The highest BCUT2D eigenvalue weighted by molar-refractivity contribution is 5.15. The van der Waals surface area contributed by atoms with E-state index in [1.165, 1.54) is 5.56 Å². The molecule has 14 heavy (non-hydrogen) atoms. The van der Waals surface area contributed by atoms with Crippen molar-refractivity contribution < 1.29 is 0 Å². The van der Waals surface area contributed by atoms with Gasteiger partial charge in [0.05, 0.1) is 0 Å². The first-order chi connectivity index (χ1) is 6.74. The Labute approximate surface area is 88.8 Å². The van der Waals surface area contributed by atoms with E-state index in [0.717, 1.165) is 17.9 Å². The van der Waals surface area contributed by atoms with Gasteiger partial charge in [-0.05, 0) is 25.8 Å². The number of nitrogens with zero attached hydrogens (tertiary/aromatic N) is 2. The third-order valence-corrected chi connectivity index (χ3v) is 1.58. The van der Waals surface area contributed by atoms with Crippen molar-refractivity contribution in [1.82, 2.24) is 9.97 Å². The Balaban J connectivity index is 0. The summed E-state index contributed by atoms with van der Waals surface area (Å²) in [5, 5.41) is 0. The first kappa shape index (κ1) is 15.5. The summed E-state index contributed by atoms with van der Waals surface area (Å²) >= 11 is 0. The standard InChI is InChI=1S/C8H12N2.2C2H6/c1-4-8-5-9-7(3)10-6(8)2;2*1-2/h5H,4H2,1-3H3;2*1-2H3. The minimum atomic E-state index is 0.856. The maximum Gasteiger partial charge on any atom is 0.125 e. The van der Waals surface area contributed by atoms with Gasteiger partial charge in [-0.2, -0.15) is 0 Å². The molecule has 0 aliphatic carbocycles. The van der Waals surface area contributed by atoms with Crippen molar-refractivity contribution in [1.29, 1.82) is 0 Å². The van der Waals surface area contributed by atoms with E-state index in [-0.39, 0.29) is 0 Å². The highest BCUT2D eigenvalue weighted by Gasteiger charge is 1.96. The summed E-state index contributed by atoms with van der Waals surface area (Å²) in [7, 11) is 0. The molecule has 82 valence electrons. The summed E-state index contributed by atoms with van der Waals surface area (Å²) in [4.78, 5) is 8.33. The molecule has 0 spiro atoms. The Kier molecular flexibility index (Phi) is 11.3. The summed E-state index contributed by atoms with van der Waals surface area (Å²) in [6.45, 7) is 14.0. The molecule has 2 nitrogen and oxygen atoms in total. The number of aryl methyl sites for hydroxylation is 3.